The molecule has 0 fully saturated rings. The molecular weight excluding hydrogens is 258 g/mol. The van der Waals surface area contributed by atoms with Crippen molar-refractivity contribution in [1.82, 2.24) is 5.32 Å². The van der Waals surface area contributed by atoms with Crippen molar-refractivity contribution in [1.29, 1.82) is 0 Å². The van der Waals surface area contributed by atoms with Crippen LogP contribution >= 0.6 is 0 Å². The number of carbonyl (C=O) groups is 1. The summed E-state index contributed by atoms with van der Waals surface area (Å²) in [5, 5.41) is 2.65. The largest absolute Gasteiger partial charge is 0.359 e. The van der Waals surface area contributed by atoms with E-state index in [4.69, 9.17) is 0 Å². The third kappa shape index (κ3) is 5.42. The summed E-state index contributed by atoms with van der Waals surface area (Å²) in [7, 11) is 1.67. The molecule has 0 atom stereocenters. The fourth-order valence-electron chi connectivity index (χ4n) is 2.40. The Morgan fingerprint density at radius 2 is 1.33 bits per heavy atom. The number of amides is 1. The highest BCUT2D eigenvalue weighted by Gasteiger charge is 2.01. The summed E-state index contributed by atoms with van der Waals surface area (Å²) in [6, 6.07) is 19.0. The van der Waals surface area contributed by atoms with Gasteiger partial charge in [0.15, 0.2) is 0 Å². The summed E-state index contributed by atoms with van der Waals surface area (Å²) >= 11 is 0. The maximum absolute atomic E-state index is 11.3. The van der Waals surface area contributed by atoms with Crippen molar-refractivity contribution in [3.63, 3.8) is 0 Å². The van der Waals surface area contributed by atoms with Gasteiger partial charge in [0.05, 0.1) is 6.42 Å². The summed E-state index contributed by atoms with van der Waals surface area (Å²) in [5.74, 6) is 0.0608. The van der Waals surface area contributed by atoms with Crippen LogP contribution in [0.1, 0.15) is 29.5 Å². The van der Waals surface area contributed by atoms with Gasteiger partial charge >= 0.3 is 0 Å². The first-order valence-electron chi connectivity index (χ1n) is 7.60. The van der Waals surface area contributed by atoms with E-state index < -0.39 is 0 Å². The van der Waals surface area contributed by atoms with Crippen LogP contribution in [-0.4, -0.2) is 13.0 Å². The zero-order chi connectivity index (χ0) is 14.9. The number of aryl methyl sites for hydroxylation is 2. The highest BCUT2D eigenvalue weighted by atomic mass is 16.1. The van der Waals surface area contributed by atoms with E-state index in [-0.39, 0.29) is 5.91 Å². The monoisotopic (exact) mass is 281 g/mol. The van der Waals surface area contributed by atoms with E-state index in [9.17, 15) is 4.79 Å². The number of unbranched alkanes of at least 4 members (excludes halogenated alkanes) is 1. The summed E-state index contributed by atoms with van der Waals surface area (Å²) in [4.78, 5) is 11.3. The number of rotatable bonds is 7. The highest BCUT2D eigenvalue weighted by Crippen LogP contribution is 2.11. The van der Waals surface area contributed by atoms with Crippen LogP contribution in [0, 0.1) is 0 Å². The lowest BCUT2D eigenvalue weighted by Crippen LogP contribution is -2.19. The molecule has 1 amide bonds. The first kappa shape index (κ1) is 15.3. The molecule has 0 radical (unpaired) electrons. The van der Waals surface area contributed by atoms with Gasteiger partial charge in [-0.15, -0.1) is 0 Å². The molecule has 21 heavy (non-hydrogen) atoms. The highest BCUT2D eigenvalue weighted by molar-refractivity contribution is 5.78. The fourth-order valence-corrected chi connectivity index (χ4v) is 2.40. The van der Waals surface area contributed by atoms with Crippen LogP contribution in [0.15, 0.2) is 54.6 Å². The zero-order valence-electron chi connectivity index (χ0n) is 12.6. The second-order valence-corrected chi connectivity index (χ2v) is 5.36. The molecule has 0 saturated heterocycles. The Bertz CT molecular complexity index is 546. The maximum atomic E-state index is 11.3. The number of hydrogen-bond acceptors (Lipinski definition) is 1. The van der Waals surface area contributed by atoms with Crippen molar-refractivity contribution in [2.24, 2.45) is 0 Å². The van der Waals surface area contributed by atoms with Gasteiger partial charge in [-0.2, -0.15) is 0 Å². The molecule has 0 aliphatic carbocycles. The van der Waals surface area contributed by atoms with E-state index in [1.54, 1.807) is 7.05 Å². The molecule has 0 heterocycles. The van der Waals surface area contributed by atoms with Crippen LogP contribution < -0.4 is 5.32 Å². The summed E-state index contributed by atoms with van der Waals surface area (Å²) in [5.41, 5.74) is 3.84. The Hall–Kier alpha value is -2.09. The smallest absolute Gasteiger partial charge is 0.224 e. The topological polar surface area (TPSA) is 29.1 Å². The van der Waals surface area contributed by atoms with Crippen LogP contribution in [0.2, 0.25) is 0 Å². The summed E-state index contributed by atoms with van der Waals surface area (Å²) in [6.07, 6.45) is 5.13. The van der Waals surface area contributed by atoms with Crippen molar-refractivity contribution in [3.8, 4) is 0 Å². The quantitative estimate of drug-likeness (QED) is 0.773. The molecule has 2 nitrogen and oxygen atoms in total. The van der Waals surface area contributed by atoms with Crippen LogP contribution in [0.3, 0.4) is 0 Å². The first-order valence-corrected chi connectivity index (χ1v) is 7.60. The van der Waals surface area contributed by atoms with Gasteiger partial charge < -0.3 is 5.32 Å². The lowest BCUT2D eigenvalue weighted by Gasteiger charge is -2.05. The Kier molecular flexibility index (Phi) is 6.01. The maximum Gasteiger partial charge on any atom is 0.224 e. The Morgan fingerprint density at radius 3 is 1.90 bits per heavy atom. The van der Waals surface area contributed by atoms with E-state index in [1.807, 2.05) is 0 Å². The summed E-state index contributed by atoms with van der Waals surface area (Å²) in [6.45, 7) is 0. The molecule has 1 N–H and O–H groups in total. The van der Waals surface area contributed by atoms with Gasteiger partial charge in [0, 0.05) is 7.05 Å². The van der Waals surface area contributed by atoms with Crippen LogP contribution in [0.25, 0.3) is 0 Å². The zero-order valence-corrected chi connectivity index (χ0v) is 12.6. The molecule has 0 saturated carbocycles. The lowest BCUT2D eigenvalue weighted by atomic mass is 10.0. The van der Waals surface area contributed by atoms with Crippen molar-refractivity contribution in [2.75, 3.05) is 7.05 Å². The average molecular weight is 281 g/mol. The second-order valence-electron chi connectivity index (χ2n) is 5.36. The van der Waals surface area contributed by atoms with Crippen molar-refractivity contribution in [2.45, 2.75) is 32.1 Å². The Balaban J connectivity index is 1.72. The van der Waals surface area contributed by atoms with Crippen LogP contribution in [-0.2, 0) is 24.1 Å². The van der Waals surface area contributed by atoms with E-state index in [1.165, 1.54) is 24.0 Å². The number of benzene rings is 2. The predicted molar refractivity (Wildman–Crippen MR) is 87.3 cm³/mol. The normalized spacial score (nSPS) is 10.3. The predicted octanol–water partition coefficient (Wildman–Crippen LogP) is 3.54. The van der Waals surface area contributed by atoms with Crippen molar-refractivity contribution < 1.29 is 4.79 Å². The minimum atomic E-state index is 0.0608. The molecule has 110 valence electrons. The fraction of sp³-hybridized carbons (Fsp3) is 0.316. The molecule has 0 aliphatic heterocycles. The average Bonchev–Trinajstić information content (AvgIpc) is 2.54. The molecule has 0 unspecified atom stereocenters. The standard InChI is InChI=1S/C19H23NO/c1-20-19(21)15-18-13-11-17(12-14-18)10-6-5-9-16-7-3-2-4-8-16/h2-4,7-8,11-14H,5-6,9-10,15H2,1H3,(H,20,21). The number of hydrogen-bond donors (Lipinski definition) is 1. The second kappa shape index (κ2) is 8.25. The number of nitrogens with one attached hydrogen (secondary N) is 1. The Morgan fingerprint density at radius 1 is 0.810 bits per heavy atom. The van der Waals surface area contributed by atoms with E-state index in [0.29, 0.717) is 6.42 Å². The van der Waals surface area contributed by atoms with E-state index in [0.717, 1.165) is 18.4 Å². The third-order valence-electron chi connectivity index (χ3n) is 3.69. The third-order valence-corrected chi connectivity index (χ3v) is 3.69. The van der Waals surface area contributed by atoms with Crippen molar-refractivity contribution >= 4 is 5.91 Å². The van der Waals surface area contributed by atoms with E-state index >= 15 is 0 Å². The van der Waals surface area contributed by atoms with Gasteiger partial charge in [0.25, 0.3) is 0 Å². The molecule has 2 rings (SSSR count). The minimum Gasteiger partial charge on any atom is -0.359 e. The number of carbonyl (C=O) groups excluding carboxylic acids is 1. The molecule has 0 bridgehead atoms. The molecule has 0 spiro atoms. The van der Waals surface area contributed by atoms with Gasteiger partial charge in [-0.25, -0.2) is 0 Å². The molecule has 2 aromatic rings. The van der Waals surface area contributed by atoms with Gasteiger partial charge in [-0.1, -0.05) is 54.6 Å². The van der Waals surface area contributed by atoms with Crippen molar-refractivity contribution in [3.05, 3.63) is 71.3 Å². The summed E-state index contributed by atoms with van der Waals surface area (Å²) < 4.78 is 0. The Labute approximate surface area is 127 Å². The van der Waals surface area contributed by atoms with Gasteiger partial charge in [-0.05, 0) is 42.4 Å². The molecular formula is C19H23NO. The van der Waals surface area contributed by atoms with E-state index in [2.05, 4.69) is 59.9 Å². The van der Waals surface area contributed by atoms with Crippen LogP contribution in [0.5, 0.6) is 0 Å². The van der Waals surface area contributed by atoms with Gasteiger partial charge in [0.1, 0.15) is 0 Å². The van der Waals surface area contributed by atoms with Gasteiger partial charge in [0.2, 0.25) is 5.91 Å². The minimum absolute atomic E-state index is 0.0608. The molecule has 2 heteroatoms. The molecule has 0 aromatic heterocycles. The van der Waals surface area contributed by atoms with Crippen LogP contribution in [0.4, 0.5) is 0 Å². The van der Waals surface area contributed by atoms with Gasteiger partial charge in [-0.3, -0.25) is 4.79 Å². The SMILES string of the molecule is CNC(=O)Cc1ccc(CCCCc2ccccc2)cc1. The number of likely N-dealkylation sites (N-methyl/N-ethyl adjacent to an activating group) is 1. The molecule has 0 aliphatic rings. The first-order chi connectivity index (χ1) is 10.3. The lowest BCUT2D eigenvalue weighted by molar-refractivity contribution is -0.119. The molecule has 2 aromatic carbocycles.